The standard InChI is InChI=1S/C17H14ClN5O3/c18-14-4-3-12(23-17(26)22-15(24)10-21-23)8-13(14)16(25)20-7-5-11-2-1-6-19-9-11/h1-4,6,8-10H,5,7H2,(H,20,25)(H,22,24,26). The number of hydrogen-bond acceptors (Lipinski definition) is 5. The molecule has 0 bridgehead atoms. The summed E-state index contributed by atoms with van der Waals surface area (Å²) >= 11 is 6.10. The minimum Gasteiger partial charge on any atom is -0.352 e. The van der Waals surface area contributed by atoms with Crippen molar-refractivity contribution in [1.29, 1.82) is 0 Å². The van der Waals surface area contributed by atoms with Crippen LogP contribution in [0.1, 0.15) is 15.9 Å². The van der Waals surface area contributed by atoms with E-state index in [-0.39, 0.29) is 16.5 Å². The van der Waals surface area contributed by atoms with Crippen molar-refractivity contribution in [3.8, 4) is 5.69 Å². The number of rotatable bonds is 5. The zero-order chi connectivity index (χ0) is 18.5. The van der Waals surface area contributed by atoms with Crippen LogP contribution < -0.4 is 16.6 Å². The van der Waals surface area contributed by atoms with Crippen molar-refractivity contribution in [2.24, 2.45) is 0 Å². The molecule has 0 atom stereocenters. The summed E-state index contributed by atoms with van der Waals surface area (Å²) in [5.74, 6) is -0.377. The summed E-state index contributed by atoms with van der Waals surface area (Å²) in [6, 6.07) is 8.20. The van der Waals surface area contributed by atoms with Crippen molar-refractivity contribution >= 4 is 17.5 Å². The number of pyridine rings is 1. The Morgan fingerprint density at radius 2 is 2.08 bits per heavy atom. The smallest absolute Gasteiger partial charge is 0.349 e. The Labute approximate surface area is 152 Å². The Hall–Kier alpha value is -3.26. The van der Waals surface area contributed by atoms with Crippen LogP contribution in [0.3, 0.4) is 0 Å². The Balaban J connectivity index is 1.77. The number of nitrogens with one attached hydrogen (secondary N) is 2. The molecule has 2 aromatic heterocycles. The monoisotopic (exact) mass is 371 g/mol. The number of hydrogen-bond donors (Lipinski definition) is 2. The first-order valence-electron chi connectivity index (χ1n) is 7.70. The fourth-order valence-electron chi connectivity index (χ4n) is 2.32. The van der Waals surface area contributed by atoms with Gasteiger partial charge < -0.3 is 5.32 Å². The van der Waals surface area contributed by atoms with Gasteiger partial charge in [-0.05, 0) is 36.2 Å². The summed E-state index contributed by atoms with van der Waals surface area (Å²) in [6.45, 7) is 0.405. The van der Waals surface area contributed by atoms with E-state index >= 15 is 0 Å². The van der Waals surface area contributed by atoms with E-state index in [9.17, 15) is 14.4 Å². The summed E-state index contributed by atoms with van der Waals surface area (Å²) in [4.78, 5) is 41.5. The fraction of sp³-hybridized carbons (Fsp3) is 0.118. The van der Waals surface area contributed by atoms with Gasteiger partial charge in [-0.2, -0.15) is 9.78 Å². The van der Waals surface area contributed by atoms with Gasteiger partial charge in [-0.15, -0.1) is 0 Å². The van der Waals surface area contributed by atoms with E-state index in [2.05, 4.69) is 20.4 Å². The minimum absolute atomic E-state index is 0.204. The normalized spacial score (nSPS) is 10.5. The van der Waals surface area contributed by atoms with Gasteiger partial charge in [0.15, 0.2) is 0 Å². The number of halogens is 1. The van der Waals surface area contributed by atoms with Gasteiger partial charge in [-0.3, -0.25) is 19.6 Å². The van der Waals surface area contributed by atoms with E-state index in [0.717, 1.165) is 16.4 Å². The van der Waals surface area contributed by atoms with E-state index in [1.165, 1.54) is 18.2 Å². The molecule has 0 aliphatic heterocycles. The number of amides is 1. The second-order valence-electron chi connectivity index (χ2n) is 5.38. The third kappa shape index (κ3) is 4.04. The molecule has 0 fully saturated rings. The van der Waals surface area contributed by atoms with E-state index in [4.69, 9.17) is 11.6 Å². The fourth-order valence-corrected chi connectivity index (χ4v) is 2.52. The SMILES string of the molecule is O=C(NCCc1cccnc1)c1cc(-n2ncc(=O)[nH]c2=O)ccc1Cl. The molecule has 0 saturated carbocycles. The summed E-state index contributed by atoms with van der Waals surface area (Å²) in [7, 11) is 0. The number of aromatic nitrogens is 4. The van der Waals surface area contributed by atoms with Crippen LogP contribution >= 0.6 is 11.6 Å². The van der Waals surface area contributed by atoms with E-state index in [1.807, 2.05) is 12.1 Å². The van der Waals surface area contributed by atoms with E-state index < -0.39 is 11.2 Å². The van der Waals surface area contributed by atoms with Gasteiger partial charge >= 0.3 is 5.69 Å². The van der Waals surface area contributed by atoms with Crippen molar-refractivity contribution in [3.05, 3.63) is 85.9 Å². The molecule has 26 heavy (non-hydrogen) atoms. The number of nitrogens with zero attached hydrogens (tertiary/aromatic N) is 3. The lowest BCUT2D eigenvalue weighted by atomic mass is 10.1. The molecule has 9 heteroatoms. The maximum absolute atomic E-state index is 12.4. The molecular weight excluding hydrogens is 358 g/mol. The third-order valence-electron chi connectivity index (χ3n) is 3.57. The molecule has 1 aromatic carbocycles. The molecule has 0 unspecified atom stereocenters. The Morgan fingerprint density at radius 1 is 1.23 bits per heavy atom. The molecule has 0 saturated heterocycles. The highest BCUT2D eigenvalue weighted by Crippen LogP contribution is 2.18. The highest BCUT2D eigenvalue weighted by molar-refractivity contribution is 6.33. The molecule has 3 aromatic rings. The lowest BCUT2D eigenvalue weighted by molar-refractivity contribution is 0.0954. The van der Waals surface area contributed by atoms with Crippen molar-refractivity contribution in [2.45, 2.75) is 6.42 Å². The summed E-state index contributed by atoms with van der Waals surface area (Å²) in [6.07, 6.45) is 5.01. The van der Waals surface area contributed by atoms with Crippen LogP contribution in [-0.4, -0.2) is 32.2 Å². The second kappa shape index (κ2) is 7.75. The average Bonchev–Trinajstić information content (AvgIpc) is 2.63. The van der Waals surface area contributed by atoms with Gasteiger partial charge in [-0.1, -0.05) is 17.7 Å². The van der Waals surface area contributed by atoms with E-state index in [1.54, 1.807) is 12.4 Å². The Morgan fingerprint density at radius 3 is 2.81 bits per heavy atom. The quantitative estimate of drug-likeness (QED) is 0.693. The van der Waals surface area contributed by atoms with Crippen LogP contribution in [0.15, 0.2) is 58.5 Å². The maximum Gasteiger partial charge on any atom is 0.349 e. The zero-order valence-corrected chi connectivity index (χ0v) is 14.2. The molecule has 132 valence electrons. The molecule has 2 heterocycles. The topological polar surface area (TPSA) is 110 Å². The predicted octanol–water partition coefficient (Wildman–Crippen LogP) is 0.942. The number of carbonyl (C=O) groups excluding carboxylic acids is 1. The largest absolute Gasteiger partial charge is 0.352 e. The lowest BCUT2D eigenvalue weighted by Crippen LogP contribution is -2.31. The number of carbonyl (C=O) groups is 1. The van der Waals surface area contributed by atoms with Crippen molar-refractivity contribution in [3.63, 3.8) is 0 Å². The van der Waals surface area contributed by atoms with Crippen molar-refractivity contribution in [1.82, 2.24) is 25.1 Å². The number of benzene rings is 1. The summed E-state index contributed by atoms with van der Waals surface area (Å²) in [5.41, 5.74) is 0.205. The second-order valence-corrected chi connectivity index (χ2v) is 5.79. The van der Waals surface area contributed by atoms with Crippen molar-refractivity contribution in [2.75, 3.05) is 6.54 Å². The predicted molar refractivity (Wildman–Crippen MR) is 95.7 cm³/mol. The Kier molecular flexibility index (Phi) is 5.23. The molecule has 1 amide bonds. The molecule has 0 aliphatic rings. The van der Waals surface area contributed by atoms with Gasteiger partial charge in [0.2, 0.25) is 0 Å². The lowest BCUT2D eigenvalue weighted by Gasteiger charge is -2.09. The first kappa shape index (κ1) is 17.6. The van der Waals surface area contributed by atoms with Crippen LogP contribution in [-0.2, 0) is 6.42 Å². The molecule has 2 N–H and O–H groups in total. The molecule has 3 rings (SSSR count). The Bertz CT molecular complexity index is 1050. The maximum atomic E-state index is 12.4. The summed E-state index contributed by atoms with van der Waals surface area (Å²) in [5, 5.41) is 6.77. The van der Waals surface area contributed by atoms with Crippen LogP contribution in [0.25, 0.3) is 5.69 Å². The van der Waals surface area contributed by atoms with Crippen LogP contribution in [0.4, 0.5) is 0 Å². The van der Waals surface area contributed by atoms with Gasteiger partial charge in [0.25, 0.3) is 11.5 Å². The van der Waals surface area contributed by atoms with Crippen LogP contribution in [0, 0.1) is 0 Å². The molecule has 8 nitrogen and oxygen atoms in total. The first-order chi connectivity index (χ1) is 12.5. The summed E-state index contributed by atoms with van der Waals surface area (Å²) < 4.78 is 0.976. The molecule has 0 radical (unpaired) electrons. The number of aromatic amines is 1. The third-order valence-corrected chi connectivity index (χ3v) is 3.90. The molecular formula is C17H14ClN5O3. The molecule has 0 aliphatic carbocycles. The average molecular weight is 372 g/mol. The highest BCUT2D eigenvalue weighted by atomic mass is 35.5. The highest BCUT2D eigenvalue weighted by Gasteiger charge is 2.13. The van der Waals surface area contributed by atoms with Crippen molar-refractivity contribution < 1.29 is 4.79 Å². The molecule has 0 spiro atoms. The zero-order valence-electron chi connectivity index (χ0n) is 13.5. The van der Waals surface area contributed by atoms with Gasteiger partial charge in [0, 0.05) is 18.9 Å². The first-order valence-corrected chi connectivity index (χ1v) is 8.08. The van der Waals surface area contributed by atoms with Crippen LogP contribution in [0.2, 0.25) is 5.02 Å². The van der Waals surface area contributed by atoms with Gasteiger partial charge in [0.05, 0.1) is 16.3 Å². The van der Waals surface area contributed by atoms with E-state index in [0.29, 0.717) is 18.7 Å². The van der Waals surface area contributed by atoms with Gasteiger partial charge in [0.1, 0.15) is 6.20 Å². The minimum atomic E-state index is -0.706. The van der Waals surface area contributed by atoms with Crippen LogP contribution in [0.5, 0.6) is 0 Å². The van der Waals surface area contributed by atoms with Gasteiger partial charge in [-0.25, -0.2) is 4.79 Å². The number of H-pyrrole nitrogens is 1.